The summed E-state index contributed by atoms with van der Waals surface area (Å²) in [6.45, 7) is 1.24. The Labute approximate surface area is 155 Å². The van der Waals surface area contributed by atoms with Gasteiger partial charge < -0.3 is 9.64 Å². The van der Waals surface area contributed by atoms with Crippen molar-refractivity contribution in [3.8, 4) is 0 Å². The summed E-state index contributed by atoms with van der Waals surface area (Å²) in [5.74, 6) is 0.486. The van der Waals surface area contributed by atoms with Gasteiger partial charge >= 0.3 is 0 Å². The van der Waals surface area contributed by atoms with E-state index in [0.717, 1.165) is 37.1 Å². The fourth-order valence-electron chi connectivity index (χ4n) is 3.43. The number of carbonyl (C=O) groups is 1. The van der Waals surface area contributed by atoms with E-state index >= 15 is 0 Å². The van der Waals surface area contributed by atoms with Crippen molar-refractivity contribution < 1.29 is 9.53 Å². The van der Waals surface area contributed by atoms with Crippen molar-refractivity contribution in [3.05, 3.63) is 78.1 Å². The Morgan fingerprint density at radius 2 is 2.00 bits per heavy atom. The first-order valence-corrected chi connectivity index (χ1v) is 9.19. The zero-order chi connectivity index (χ0) is 18.2. The van der Waals surface area contributed by atoms with Crippen LogP contribution in [0.4, 0.5) is 0 Å². The van der Waals surface area contributed by atoms with Crippen LogP contribution in [0, 0.1) is 5.92 Å². The van der Waals surface area contributed by atoms with E-state index in [1.54, 1.807) is 13.3 Å². The van der Waals surface area contributed by atoms with Crippen LogP contribution < -0.4 is 0 Å². The van der Waals surface area contributed by atoms with E-state index in [-0.39, 0.29) is 5.91 Å². The number of pyridine rings is 1. The molecule has 1 aliphatic rings. The standard InChI is InChI=1S/C22H26N2O2/c1-26-21(19-12-6-3-7-13-19)22(25)24(16-18-10-4-2-5-11-18)17-20-14-8-9-15-23-20/h2-4,6-9,12-15,18,21H,5,10-11,16-17H2,1H3/t18-,21+/m1/s1. The summed E-state index contributed by atoms with van der Waals surface area (Å²) >= 11 is 0. The quantitative estimate of drug-likeness (QED) is 0.704. The Hall–Kier alpha value is -2.46. The predicted molar refractivity (Wildman–Crippen MR) is 102 cm³/mol. The zero-order valence-corrected chi connectivity index (χ0v) is 15.3. The topological polar surface area (TPSA) is 42.4 Å². The Balaban J connectivity index is 1.80. The Morgan fingerprint density at radius 3 is 2.65 bits per heavy atom. The van der Waals surface area contributed by atoms with Crippen LogP contribution in [-0.4, -0.2) is 29.4 Å². The first-order chi connectivity index (χ1) is 12.8. The lowest BCUT2D eigenvalue weighted by Crippen LogP contribution is -2.39. The van der Waals surface area contributed by atoms with Gasteiger partial charge in [-0.05, 0) is 42.9 Å². The minimum atomic E-state index is -0.584. The van der Waals surface area contributed by atoms with Gasteiger partial charge in [-0.25, -0.2) is 0 Å². The summed E-state index contributed by atoms with van der Waals surface area (Å²) in [5.41, 5.74) is 1.78. The second-order valence-electron chi connectivity index (χ2n) is 6.72. The van der Waals surface area contributed by atoms with E-state index in [0.29, 0.717) is 12.5 Å². The fraction of sp³-hybridized carbons (Fsp3) is 0.364. The third-order valence-corrected chi connectivity index (χ3v) is 4.81. The van der Waals surface area contributed by atoms with E-state index in [4.69, 9.17) is 4.74 Å². The van der Waals surface area contributed by atoms with Gasteiger partial charge in [-0.2, -0.15) is 0 Å². The van der Waals surface area contributed by atoms with Crippen molar-refractivity contribution in [3.63, 3.8) is 0 Å². The summed E-state index contributed by atoms with van der Waals surface area (Å²) in [6.07, 6.45) is 8.86. The Bertz CT molecular complexity index is 715. The average Bonchev–Trinajstić information content (AvgIpc) is 2.70. The van der Waals surface area contributed by atoms with Crippen molar-refractivity contribution in [2.75, 3.05) is 13.7 Å². The summed E-state index contributed by atoms with van der Waals surface area (Å²) < 4.78 is 5.58. The number of hydrogen-bond acceptors (Lipinski definition) is 3. The lowest BCUT2D eigenvalue weighted by atomic mass is 9.93. The minimum Gasteiger partial charge on any atom is -0.367 e. The molecule has 0 N–H and O–H groups in total. The number of allylic oxidation sites excluding steroid dienone is 2. The highest BCUT2D eigenvalue weighted by molar-refractivity contribution is 5.82. The summed E-state index contributed by atoms with van der Waals surface area (Å²) in [4.78, 5) is 19.6. The van der Waals surface area contributed by atoms with Crippen molar-refractivity contribution in [2.24, 2.45) is 5.92 Å². The molecule has 0 saturated carbocycles. The van der Waals surface area contributed by atoms with Gasteiger partial charge in [0.1, 0.15) is 0 Å². The maximum atomic E-state index is 13.3. The number of ether oxygens (including phenoxy) is 1. The van der Waals surface area contributed by atoms with E-state index < -0.39 is 6.10 Å². The molecule has 26 heavy (non-hydrogen) atoms. The van der Waals surface area contributed by atoms with Gasteiger partial charge in [0.2, 0.25) is 0 Å². The van der Waals surface area contributed by atoms with E-state index in [2.05, 4.69) is 17.1 Å². The van der Waals surface area contributed by atoms with Crippen molar-refractivity contribution >= 4 is 5.91 Å². The van der Waals surface area contributed by atoms with Crippen LogP contribution in [0.15, 0.2) is 66.9 Å². The molecule has 3 rings (SSSR count). The maximum Gasteiger partial charge on any atom is 0.256 e. The molecule has 4 nitrogen and oxygen atoms in total. The molecule has 4 heteroatoms. The zero-order valence-electron chi connectivity index (χ0n) is 15.3. The molecule has 0 aliphatic heterocycles. The molecule has 1 heterocycles. The van der Waals surface area contributed by atoms with E-state index in [1.807, 2.05) is 53.4 Å². The van der Waals surface area contributed by atoms with E-state index in [1.165, 1.54) is 0 Å². The van der Waals surface area contributed by atoms with Gasteiger partial charge in [0, 0.05) is 19.9 Å². The lowest BCUT2D eigenvalue weighted by molar-refractivity contribution is -0.144. The molecule has 1 aromatic heterocycles. The maximum absolute atomic E-state index is 13.3. The van der Waals surface area contributed by atoms with Crippen LogP contribution in [0.3, 0.4) is 0 Å². The highest BCUT2D eigenvalue weighted by Gasteiger charge is 2.28. The number of amides is 1. The Kier molecular flexibility index (Phi) is 6.56. The molecule has 136 valence electrons. The number of benzene rings is 1. The van der Waals surface area contributed by atoms with Gasteiger partial charge in [0.05, 0.1) is 12.2 Å². The number of rotatable bonds is 7. The van der Waals surface area contributed by atoms with Crippen LogP contribution in [-0.2, 0) is 16.1 Å². The molecule has 0 spiro atoms. The molecule has 1 amide bonds. The second kappa shape index (κ2) is 9.30. The molecular formula is C22H26N2O2. The largest absolute Gasteiger partial charge is 0.367 e. The average molecular weight is 350 g/mol. The predicted octanol–water partition coefficient (Wildman–Crippen LogP) is 4.15. The summed E-state index contributed by atoms with van der Waals surface area (Å²) in [5, 5.41) is 0. The number of methoxy groups -OCH3 is 1. The van der Waals surface area contributed by atoms with Crippen molar-refractivity contribution in [1.29, 1.82) is 0 Å². The van der Waals surface area contributed by atoms with Gasteiger partial charge in [-0.15, -0.1) is 0 Å². The highest BCUT2D eigenvalue weighted by atomic mass is 16.5. The molecule has 1 aromatic carbocycles. The summed E-state index contributed by atoms with van der Waals surface area (Å²) in [6, 6.07) is 15.5. The molecule has 2 atom stereocenters. The summed E-state index contributed by atoms with van der Waals surface area (Å²) in [7, 11) is 1.60. The number of aromatic nitrogens is 1. The smallest absolute Gasteiger partial charge is 0.256 e. The monoisotopic (exact) mass is 350 g/mol. The molecule has 0 fully saturated rings. The molecule has 0 radical (unpaired) electrons. The third-order valence-electron chi connectivity index (χ3n) is 4.81. The third kappa shape index (κ3) is 4.79. The fourth-order valence-corrected chi connectivity index (χ4v) is 3.43. The van der Waals surface area contributed by atoms with Gasteiger partial charge in [0.15, 0.2) is 6.10 Å². The number of nitrogens with zero attached hydrogens (tertiary/aromatic N) is 2. The second-order valence-corrected chi connectivity index (χ2v) is 6.72. The van der Waals surface area contributed by atoms with Crippen LogP contribution in [0.25, 0.3) is 0 Å². The number of carbonyl (C=O) groups excluding carboxylic acids is 1. The molecule has 1 aliphatic carbocycles. The first-order valence-electron chi connectivity index (χ1n) is 9.19. The lowest BCUT2D eigenvalue weighted by Gasteiger charge is -2.31. The van der Waals surface area contributed by atoms with Crippen LogP contribution in [0.2, 0.25) is 0 Å². The molecule has 2 aromatic rings. The minimum absolute atomic E-state index is 0.00101. The molecule has 0 unspecified atom stereocenters. The first kappa shape index (κ1) is 18.3. The van der Waals surface area contributed by atoms with Gasteiger partial charge in [-0.3, -0.25) is 9.78 Å². The normalized spacial score (nSPS) is 17.7. The van der Waals surface area contributed by atoms with Crippen molar-refractivity contribution in [2.45, 2.75) is 31.9 Å². The van der Waals surface area contributed by atoms with Crippen molar-refractivity contribution in [1.82, 2.24) is 9.88 Å². The molecular weight excluding hydrogens is 324 g/mol. The van der Waals surface area contributed by atoms with E-state index in [9.17, 15) is 4.79 Å². The van der Waals surface area contributed by atoms with Crippen LogP contribution >= 0.6 is 0 Å². The van der Waals surface area contributed by atoms with Gasteiger partial charge in [0.25, 0.3) is 5.91 Å². The van der Waals surface area contributed by atoms with Crippen LogP contribution in [0.1, 0.15) is 36.6 Å². The molecule has 0 saturated heterocycles. The Morgan fingerprint density at radius 1 is 1.19 bits per heavy atom. The molecule has 0 bridgehead atoms. The highest BCUT2D eigenvalue weighted by Crippen LogP contribution is 2.24. The van der Waals surface area contributed by atoms with Gasteiger partial charge in [-0.1, -0.05) is 48.6 Å². The van der Waals surface area contributed by atoms with Crippen LogP contribution in [0.5, 0.6) is 0 Å². The number of hydrogen-bond donors (Lipinski definition) is 0. The SMILES string of the molecule is CO[C@H](C(=O)N(Cc1ccccn1)C[C@@H]1CC=CCC1)c1ccccc1.